The molecular formula is C10H19N. The summed E-state index contributed by atoms with van der Waals surface area (Å²) in [5.41, 5.74) is 6.64. The highest BCUT2D eigenvalue weighted by Gasteiger charge is 2.43. The molecule has 2 fully saturated rings. The number of hydrogen-bond donors (Lipinski definition) is 1. The lowest BCUT2D eigenvalue weighted by Crippen LogP contribution is -2.42. The molecule has 2 aliphatic rings. The second kappa shape index (κ2) is 2.48. The molecule has 0 bridgehead atoms. The Hall–Kier alpha value is -0.0400. The Balaban J connectivity index is 1.88. The van der Waals surface area contributed by atoms with E-state index in [0.717, 1.165) is 11.3 Å². The van der Waals surface area contributed by atoms with Gasteiger partial charge in [0.2, 0.25) is 0 Å². The standard InChI is InChI=1S/C10H19N/c1-8-6-10(7-8)4-2-9(11)3-5-10/h8-9H,2-7,11H2,1H3. The SMILES string of the molecule is CC1CC2(CCC(N)CC2)C1. The fraction of sp³-hybridized carbons (Fsp3) is 1.00. The molecule has 1 heteroatoms. The van der Waals surface area contributed by atoms with Crippen molar-refractivity contribution in [2.75, 3.05) is 0 Å². The molecule has 2 saturated carbocycles. The largest absolute Gasteiger partial charge is 0.328 e. The lowest BCUT2D eigenvalue weighted by molar-refractivity contribution is 0.0193. The van der Waals surface area contributed by atoms with Crippen molar-refractivity contribution in [1.29, 1.82) is 0 Å². The molecule has 0 saturated heterocycles. The quantitative estimate of drug-likeness (QED) is 0.568. The first kappa shape index (κ1) is 7.60. The first-order valence-electron chi connectivity index (χ1n) is 4.96. The van der Waals surface area contributed by atoms with Gasteiger partial charge in [-0.3, -0.25) is 0 Å². The van der Waals surface area contributed by atoms with E-state index in [9.17, 15) is 0 Å². The summed E-state index contributed by atoms with van der Waals surface area (Å²) in [6.07, 6.45) is 8.37. The predicted octanol–water partition coefficient (Wildman–Crippen LogP) is 2.30. The van der Waals surface area contributed by atoms with Gasteiger partial charge in [0.05, 0.1) is 0 Å². The lowest BCUT2D eigenvalue weighted by Gasteiger charge is -2.50. The Kier molecular flexibility index (Phi) is 1.71. The summed E-state index contributed by atoms with van der Waals surface area (Å²) >= 11 is 0. The van der Waals surface area contributed by atoms with Crippen LogP contribution in [0, 0.1) is 11.3 Å². The number of hydrogen-bond acceptors (Lipinski definition) is 1. The van der Waals surface area contributed by atoms with E-state index < -0.39 is 0 Å². The van der Waals surface area contributed by atoms with Crippen LogP contribution in [0.15, 0.2) is 0 Å². The van der Waals surface area contributed by atoms with E-state index in [0.29, 0.717) is 6.04 Å². The zero-order valence-corrected chi connectivity index (χ0v) is 7.47. The molecule has 0 aromatic carbocycles. The van der Waals surface area contributed by atoms with Crippen LogP contribution >= 0.6 is 0 Å². The van der Waals surface area contributed by atoms with Crippen molar-refractivity contribution >= 4 is 0 Å². The second-order valence-corrected chi connectivity index (χ2v) is 4.85. The molecule has 0 aliphatic heterocycles. The molecule has 0 atom stereocenters. The fourth-order valence-corrected chi connectivity index (χ4v) is 3.08. The van der Waals surface area contributed by atoms with Crippen molar-refractivity contribution in [1.82, 2.24) is 0 Å². The van der Waals surface area contributed by atoms with Crippen molar-refractivity contribution in [2.45, 2.75) is 51.5 Å². The van der Waals surface area contributed by atoms with Crippen molar-refractivity contribution in [2.24, 2.45) is 17.1 Å². The Morgan fingerprint density at radius 3 is 2.18 bits per heavy atom. The first-order valence-corrected chi connectivity index (χ1v) is 4.96. The van der Waals surface area contributed by atoms with Gasteiger partial charge < -0.3 is 5.73 Å². The van der Waals surface area contributed by atoms with Crippen LogP contribution < -0.4 is 5.73 Å². The first-order chi connectivity index (χ1) is 5.20. The Morgan fingerprint density at radius 2 is 1.73 bits per heavy atom. The van der Waals surface area contributed by atoms with Crippen molar-refractivity contribution in [3.05, 3.63) is 0 Å². The van der Waals surface area contributed by atoms with Crippen molar-refractivity contribution in [3.8, 4) is 0 Å². The maximum atomic E-state index is 5.87. The van der Waals surface area contributed by atoms with E-state index in [1.54, 1.807) is 0 Å². The van der Waals surface area contributed by atoms with Gasteiger partial charge in [0.25, 0.3) is 0 Å². The number of rotatable bonds is 0. The van der Waals surface area contributed by atoms with Crippen LogP contribution in [0.3, 0.4) is 0 Å². The van der Waals surface area contributed by atoms with E-state index in [1.165, 1.54) is 38.5 Å². The highest BCUT2D eigenvalue weighted by molar-refractivity contribution is 4.95. The van der Waals surface area contributed by atoms with Crippen LogP contribution in [0.1, 0.15) is 45.4 Å². The zero-order chi connectivity index (χ0) is 7.90. The van der Waals surface area contributed by atoms with Gasteiger partial charge in [-0.05, 0) is 49.9 Å². The van der Waals surface area contributed by atoms with E-state index >= 15 is 0 Å². The Bertz CT molecular complexity index is 137. The third-order valence-corrected chi connectivity index (χ3v) is 3.65. The monoisotopic (exact) mass is 153 g/mol. The predicted molar refractivity (Wildman–Crippen MR) is 47.3 cm³/mol. The maximum absolute atomic E-state index is 5.87. The van der Waals surface area contributed by atoms with Crippen LogP contribution in [0.25, 0.3) is 0 Å². The van der Waals surface area contributed by atoms with Crippen LogP contribution in [-0.2, 0) is 0 Å². The van der Waals surface area contributed by atoms with Gasteiger partial charge in [-0.25, -0.2) is 0 Å². The van der Waals surface area contributed by atoms with Gasteiger partial charge in [0, 0.05) is 6.04 Å². The van der Waals surface area contributed by atoms with E-state index in [-0.39, 0.29) is 0 Å². The van der Waals surface area contributed by atoms with Gasteiger partial charge in [-0.15, -0.1) is 0 Å². The molecule has 2 rings (SSSR count). The molecule has 0 aromatic heterocycles. The summed E-state index contributed by atoms with van der Waals surface area (Å²) in [7, 11) is 0. The average Bonchev–Trinajstić information content (AvgIpc) is 1.92. The summed E-state index contributed by atoms with van der Waals surface area (Å²) in [5, 5.41) is 0. The molecule has 11 heavy (non-hydrogen) atoms. The summed E-state index contributed by atoms with van der Waals surface area (Å²) in [4.78, 5) is 0. The normalized spacial score (nSPS) is 50.7. The average molecular weight is 153 g/mol. The smallest absolute Gasteiger partial charge is 0.00392 e. The molecule has 0 amide bonds. The van der Waals surface area contributed by atoms with Gasteiger partial charge in [0.1, 0.15) is 0 Å². The summed E-state index contributed by atoms with van der Waals surface area (Å²) in [6, 6.07) is 0.525. The number of nitrogens with two attached hydrogens (primary N) is 1. The third kappa shape index (κ3) is 1.31. The van der Waals surface area contributed by atoms with E-state index in [2.05, 4.69) is 6.92 Å². The molecule has 0 heterocycles. The minimum absolute atomic E-state index is 0.525. The van der Waals surface area contributed by atoms with Gasteiger partial charge in [-0.2, -0.15) is 0 Å². The van der Waals surface area contributed by atoms with E-state index in [4.69, 9.17) is 5.73 Å². The molecule has 2 N–H and O–H groups in total. The van der Waals surface area contributed by atoms with Gasteiger partial charge in [0.15, 0.2) is 0 Å². The summed E-state index contributed by atoms with van der Waals surface area (Å²) in [5.74, 6) is 1.00. The Morgan fingerprint density at radius 1 is 1.18 bits per heavy atom. The van der Waals surface area contributed by atoms with Crippen molar-refractivity contribution in [3.63, 3.8) is 0 Å². The van der Waals surface area contributed by atoms with Gasteiger partial charge >= 0.3 is 0 Å². The molecule has 64 valence electrons. The minimum atomic E-state index is 0.525. The molecule has 1 spiro atoms. The van der Waals surface area contributed by atoms with Crippen LogP contribution in [0.2, 0.25) is 0 Å². The molecular weight excluding hydrogens is 134 g/mol. The van der Waals surface area contributed by atoms with Crippen molar-refractivity contribution < 1.29 is 0 Å². The molecule has 0 radical (unpaired) electrons. The molecule has 0 aromatic rings. The summed E-state index contributed by atoms with van der Waals surface area (Å²) in [6.45, 7) is 2.37. The maximum Gasteiger partial charge on any atom is 0.00392 e. The molecule has 1 nitrogen and oxygen atoms in total. The van der Waals surface area contributed by atoms with Crippen LogP contribution in [-0.4, -0.2) is 6.04 Å². The highest BCUT2D eigenvalue weighted by atomic mass is 14.7. The minimum Gasteiger partial charge on any atom is -0.328 e. The van der Waals surface area contributed by atoms with Crippen LogP contribution in [0.5, 0.6) is 0 Å². The molecule has 2 aliphatic carbocycles. The topological polar surface area (TPSA) is 26.0 Å². The van der Waals surface area contributed by atoms with Crippen LogP contribution in [0.4, 0.5) is 0 Å². The molecule has 0 unspecified atom stereocenters. The third-order valence-electron chi connectivity index (χ3n) is 3.65. The fourth-order valence-electron chi connectivity index (χ4n) is 3.08. The second-order valence-electron chi connectivity index (χ2n) is 4.85. The van der Waals surface area contributed by atoms with E-state index in [1.807, 2.05) is 0 Å². The van der Waals surface area contributed by atoms with Gasteiger partial charge in [-0.1, -0.05) is 6.92 Å². The highest BCUT2D eigenvalue weighted by Crippen LogP contribution is 2.54. The lowest BCUT2D eigenvalue weighted by atomic mass is 9.56. The summed E-state index contributed by atoms with van der Waals surface area (Å²) < 4.78 is 0. The zero-order valence-electron chi connectivity index (χ0n) is 7.47. The Labute approximate surface area is 69.4 Å².